The minimum absolute atomic E-state index is 0.154. The minimum atomic E-state index is -0.524. The number of oxime groups is 1. The van der Waals surface area contributed by atoms with Gasteiger partial charge in [-0.1, -0.05) is 21.1 Å². The van der Waals surface area contributed by atoms with Crippen molar-refractivity contribution in [3.05, 3.63) is 28.7 Å². The second-order valence-electron chi connectivity index (χ2n) is 3.24. The standard InChI is InChI=1S/C11H12BrNO3/c1-8(2)13-16-11(14)7-15-10-5-3-9(12)4-6-10/h3-6H,7H2,1-2H3. The number of carbonyl (C=O) groups is 1. The average Bonchev–Trinajstić information content (AvgIpc) is 2.25. The third-order valence-electron chi connectivity index (χ3n) is 1.50. The molecule has 0 aromatic heterocycles. The van der Waals surface area contributed by atoms with E-state index in [0.29, 0.717) is 11.5 Å². The van der Waals surface area contributed by atoms with E-state index >= 15 is 0 Å². The van der Waals surface area contributed by atoms with Crippen LogP contribution in [0.1, 0.15) is 13.8 Å². The van der Waals surface area contributed by atoms with Gasteiger partial charge in [-0.25, -0.2) is 4.79 Å². The molecule has 0 atom stereocenters. The van der Waals surface area contributed by atoms with Gasteiger partial charge in [0.2, 0.25) is 0 Å². The van der Waals surface area contributed by atoms with Gasteiger partial charge in [0.05, 0.1) is 5.71 Å². The normalized spacial score (nSPS) is 9.44. The molecule has 0 amide bonds. The van der Waals surface area contributed by atoms with Crippen LogP contribution in [0, 0.1) is 0 Å². The first-order valence-electron chi connectivity index (χ1n) is 4.67. The van der Waals surface area contributed by atoms with Crippen LogP contribution in [0.15, 0.2) is 33.9 Å². The van der Waals surface area contributed by atoms with Gasteiger partial charge in [-0.15, -0.1) is 0 Å². The molecule has 1 rings (SSSR count). The van der Waals surface area contributed by atoms with E-state index in [4.69, 9.17) is 4.74 Å². The Kier molecular flexibility index (Phi) is 4.98. The van der Waals surface area contributed by atoms with Crippen molar-refractivity contribution in [2.24, 2.45) is 5.16 Å². The quantitative estimate of drug-likeness (QED) is 0.486. The van der Waals surface area contributed by atoms with Gasteiger partial charge in [-0.05, 0) is 38.1 Å². The molecule has 0 saturated heterocycles. The molecular formula is C11H12BrNO3. The van der Waals surface area contributed by atoms with Gasteiger partial charge in [0.15, 0.2) is 6.61 Å². The Morgan fingerprint density at radius 2 is 1.94 bits per heavy atom. The topological polar surface area (TPSA) is 47.9 Å². The summed E-state index contributed by atoms with van der Waals surface area (Å²) >= 11 is 3.30. The van der Waals surface area contributed by atoms with Crippen molar-refractivity contribution < 1.29 is 14.4 Å². The van der Waals surface area contributed by atoms with Crippen LogP contribution in [0.5, 0.6) is 5.75 Å². The molecule has 0 aliphatic carbocycles. The zero-order valence-corrected chi connectivity index (χ0v) is 10.7. The lowest BCUT2D eigenvalue weighted by Gasteiger charge is -2.03. The van der Waals surface area contributed by atoms with Crippen molar-refractivity contribution in [2.45, 2.75) is 13.8 Å². The fourth-order valence-corrected chi connectivity index (χ4v) is 1.11. The molecular weight excluding hydrogens is 274 g/mol. The predicted molar refractivity (Wildman–Crippen MR) is 64.5 cm³/mol. The number of carbonyl (C=O) groups excluding carboxylic acids is 1. The van der Waals surface area contributed by atoms with Crippen LogP contribution >= 0.6 is 15.9 Å². The summed E-state index contributed by atoms with van der Waals surface area (Å²) in [6, 6.07) is 7.17. The fraction of sp³-hybridized carbons (Fsp3) is 0.273. The molecule has 0 saturated carbocycles. The van der Waals surface area contributed by atoms with Gasteiger partial charge in [-0.2, -0.15) is 0 Å². The van der Waals surface area contributed by atoms with Crippen molar-refractivity contribution in [1.29, 1.82) is 0 Å². The van der Waals surface area contributed by atoms with Crippen molar-refractivity contribution in [3.8, 4) is 5.75 Å². The molecule has 0 bridgehead atoms. The van der Waals surface area contributed by atoms with Crippen molar-refractivity contribution in [1.82, 2.24) is 0 Å². The molecule has 0 aliphatic rings. The average molecular weight is 286 g/mol. The molecule has 0 radical (unpaired) electrons. The molecule has 0 unspecified atom stereocenters. The van der Waals surface area contributed by atoms with Gasteiger partial charge in [-0.3, -0.25) is 0 Å². The van der Waals surface area contributed by atoms with Crippen LogP contribution in [-0.2, 0) is 9.63 Å². The maximum Gasteiger partial charge on any atom is 0.372 e. The Hall–Kier alpha value is -1.36. The molecule has 0 aliphatic heterocycles. The summed E-state index contributed by atoms with van der Waals surface area (Å²) < 4.78 is 6.14. The lowest BCUT2D eigenvalue weighted by atomic mass is 10.3. The van der Waals surface area contributed by atoms with E-state index < -0.39 is 5.97 Å². The molecule has 0 N–H and O–H groups in total. The highest BCUT2D eigenvalue weighted by Gasteiger charge is 2.03. The van der Waals surface area contributed by atoms with Crippen LogP contribution in [0.25, 0.3) is 0 Å². The van der Waals surface area contributed by atoms with Crippen LogP contribution in [0.3, 0.4) is 0 Å². The minimum Gasteiger partial charge on any atom is -0.482 e. The highest BCUT2D eigenvalue weighted by atomic mass is 79.9. The Bertz CT molecular complexity index is 383. The van der Waals surface area contributed by atoms with E-state index in [2.05, 4.69) is 25.9 Å². The van der Waals surface area contributed by atoms with E-state index in [1.807, 2.05) is 12.1 Å². The summed E-state index contributed by atoms with van der Waals surface area (Å²) in [6.07, 6.45) is 0. The van der Waals surface area contributed by atoms with Crippen LogP contribution in [-0.4, -0.2) is 18.3 Å². The van der Waals surface area contributed by atoms with Crippen molar-refractivity contribution >= 4 is 27.6 Å². The largest absolute Gasteiger partial charge is 0.482 e. The molecule has 0 fully saturated rings. The van der Waals surface area contributed by atoms with Crippen molar-refractivity contribution in [2.75, 3.05) is 6.61 Å². The molecule has 0 spiro atoms. The zero-order valence-electron chi connectivity index (χ0n) is 9.07. The Morgan fingerprint density at radius 1 is 1.31 bits per heavy atom. The summed E-state index contributed by atoms with van der Waals surface area (Å²) in [5.74, 6) is 0.0847. The summed E-state index contributed by atoms with van der Waals surface area (Å²) in [4.78, 5) is 15.7. The highest BCUT2D eigenvalue weighted by molar-refractivity contribution is 9.10. The summed E-state index contributed by atoms with van der Waals surface area (Å²) in [6.45, 7) is 3.32. The molecule has 86 valence electrons. The van der Waals surface area contributed by atoms with Crippen LogP contribution < -0.4 is 4.74 Å². The lowest BCUT2D eigenvalue weighted by Crippen LogP contribution is -2.12. The van der Waals surface area contributed by atoms with E-state index in [0.717, 1.165) is 4.47 Å². The first-order chi connectivity index (χ1) is 7.58. The fourth-order valence-electron chi connectivity index (χ4n) is 0.842. The second kappa shape index (κ2) is 6.27. The number of rotatable bonds is 4. The number of hydrogen-bond acceptors (Lipinski definition) is 4. The third kappa shape index (κ3) is 4.93. The predicted octanol–water partition coefficient (Wildman–Crippen LogP) is 2.77. The zero-order chi connectivity index (χ0) is 12.0. The molecule has 5 heteroatoms. The Labute approximate surface area is 102 Å². The van der Waals surface area contributed by atoms with Gasteiger partial charge in [0.25, 0.3) is 0 Å². The lowest BCUT2D eigenvalue weighted by molar-refractivity contribution is -0.146. The SMILES string of the molecule is CC(C)=NOC(=O)COc1ccc(Br)cc1. The van der Waals surface area contributed by atoms with Gasteiger partial charge in [0, 0.05) is 4.47 Å². The monoisotopic (exact) mass is 285 g/mol. The van der Waals surface area contributed by atoms with Crippen LogP contribution in [0.4, 0.5) is 0 Å². The Balaban J connectivity index is 2.37. The first-order valence-corrected chi connectivity index (χ1v) is 5.46. The maximum absolute atomic E-state index is 11.1. The molecule has 4 nitrogen and oxygen atoms in total. The van der Waals surface area contributed by atoms with Gasteiger partial charge < -0.3 is 9.57 Å². The maximum atomic E-state index is 11.1. The molecule has 0 heterocycles. The summed E-state index contributed by atoms with van der Waals surface area (Å²) in [5, 5.41) is 3.53. The number of nitrogens with zero attached hydrogens (tertiary/aromatic N) is 1. The highest BCUT2D eigenvalue weighted by Crippen LogP contribution is 2.15. The van der Waals surface area contributed by atoms with Gasteiger partial charge >= 0.3 is 5.97 Å². The van der Waals surface area contributed by atoms with E-state index in [1.54, 1.807) is 26.0 Å². The number of hydrogen-bond donors (Lipinski definition) is 0. The van der Waals surface area contributed by atoms with E-state index in [1.165, 1.54) is 0 Å². The number of halogens is 1. The number of ether oxygens (including phenoxy) is 1. The molecule has 1 aromatic rings. The van der Waals surface area contributed by atoms with E-state index in [-0.39, 0.29) is 6.61 Å². The van der Waals surface area contributed by atoms with Crippen LogP contribution in [0.2, 0.25) is 0 Å². The number of benzene rings is 1. The molecule has 1 aromatic carbocycles. The van der Waals surface area contributed by atoms with Gasteiger partial charge in [0.1, 0.15) is 5.75 Å². The van der Waals surface area contributed by atoms with E-state index in [9.17, 15) is 4.79 Å². The Morgan fingerprint density at radius 3 is 2.50 bits per heavy atom. The second-order valence-corrected chi connectivity index (χ2v) is 4.16. The third-order valence-corrected chi connectivity index (χ3v) is 2.03. The summed E-state index contributed by atoms with van der Waals surface area (Å²) in [5.41, 5.74) is 0.678. The molecule has 16 heavy (non-hydrogen) atoms. The smallest absolute Gasteiger partial charge is 0.372 e. The summed E-state index contributed by atoms with van der Waals surface area (Å²) in [7, 11) is 0. The van der Waals surface area contributed by atoms with Crippen molar-refractivity contribution in [3.63, 3.8) is 0 Å². The first kappa shape index (κ1) is 12.7.